The quantitative estimate of drug-likeness (QED) is 0.285. The maximum Gasteiger partial charge on any atom is 0.416 e. The molecule has 1 fully saturated rings. The van der Waals surface area contributed by atoms with Gasteiger partial charge >= 0.3 is 12.4 Å². The first-order chi connectivity index (χ1) is 19.7. The van der Waals surface area contributed by atoms with E-state index >= 15 is 0 Å². The number of pyridine rings is 1. The van der Waals surface area contributed by atoms with Crippen molar-refractivity contribution in [2.45, 2.75) is 58.0 Å². The molecule has 11 heteroatoms. The zero-order chi connectivity index (χ0) is 30.8. The normalized spacial score (nSPS) is 17.3. The van der Waals surface area contributed by atoms with E-state index in [0.29, 0.717) is 43.8 Å². The Morgan fingerprint density at radius 1 is 0.976 bits per heavy atom. The summed E-state index contributed by atoms with van der Waals surface area (Å²) in [6.07, 6.45) is -5.74. The second kappa shape index (κ2) is 12.3. The van der Waals surface area contributed by atoms with E-state index in [9.17, 15) is 31.1 Å². The standard InChI is InChI=1S/C31H33F6N3O2/c1-19-5-6-22(11-20(19)2)13-27-18-39(21(3)12-24-17-38-8-7-28(24)42-4)9-10-40(27)29(41)23-14-25(30(32,33)34)16-26(15-23)31(35,36)37/h5-8,11,14-17,21,27H,9-10,12-13,18H2,1-4H3/t21?,27-/m1/s1. The molecule has 5 nitrogen and oxygen atoms in total. The summed E-state index contributed by atoms with van der Waals surface area (Å²) >= 11 is 0. The molecule has 0 spiro atoms. The number of hydrogen-bond acceptors (Lipinski definition) is 4. The lowest BCUT2D eigenvalue weighted by Gasteiger charge is -2.44. The molecule has 0 radical (unpaired) electrons. The summed E-state index contributed by atoms with van der Waals surface area (Å²) in [7, 11) is 1.57. The number of halogens is 6. The van der Waals surface area contributed by atoms with Crippen LogP contribution in [-0.2, 0) is 25.2 Å². The van der Waals surface area contributed by atoms with Crippen molar-refractivity contribution in [2.75, 3.05) is 26.7 Å². The largest absolute Gasteiger partial charge is 0.496 e. The minimum Gasteiger partial charge on any atom is -0.496 e. The topological polar surface area (TPSA) is 45.7 Å². The third-order valence-corrected chi connectivity index (χ3v) is 7.87. The third-order valence-electron chi connectivity index (χ3n) is 7.87. The van der Waals surface area contributed by atoms with E-state index in [1.54, 1.807) is 25.6 Å². The fourth-order valence-corrected chi connectivity index (χ4v) is 5.38. The second-order valence-electron chi connectivity index (χ2n) is 10.8. The van der Waals surface area contributed by atoms with Crippen LogP contribution < -0.4 is 4.74 Å². The van der Waals surface area contributed by atoms with Gasteiger partial charge in [0.25, 0.3) is 5.91 Å². The molecule has 42 heavy (non-hydrogen) atoms. The third kappa shape index (κ3) is 7.24. The van der Waals surface area contributed by atoms with Gasteiger partial charge in [0.1, 0.15) is 5.75 Å². The van der Waals surface area contributed by atoms with Crippen LogP contribution in [0.1, 0.15) is 50.7 Å². The van der Waals surface area contributed by atoms with E-state index in [1.165, 1.54) is 4.90 Å². The van der Waals surface area contributed by atoms with Gasteiger partial charge in [-0.2, -0.15) is 26.3 Å². The van der Waals surface area contributed by atoms with Crippen molar-refractivity contribution < 1.29 is 35.9 Å². The highest BCUT2D eigenvalue weighted by atomic mass is 19.4. The lowest BCUT2D eigenvalue weighted by Crippen LogP contribution is -2.58. The maximum atomic E-state index is 13.7. The molecule has 2 atom stereocenters. The molecule has 1 saturated heterocycles. The van der Waals surface area contributed by atoms with Gasteiger partial charge in [0.2, 0.25) is 0 Å². The number of carbonyl (C=O) groups is 1. The van der Waals surface area contributed by atoms with Crippen molar-refractivity contribution in [1.29, 1.82) is 0 Å². The Hall–Kier alpha value is -3.60. The van der Waals surface area contributed by atoms with E-state index in [-0.39, 0.29) is 18.7 Å². The molecule has 0 N–H and O–H groups in total. The second-order valence-corrected chi connectivity index (χ2v) is 10.8. The van der Waals surface area contributed by atoms with Gasteiger partial charge in [-0.15, -0.1) is 0 Å². The lowest BCUT2D eigenvalue weighted by atomic mass is 9.96. The Labute approximate surface area is 241 Å². The van der Waals surface area contributed by atoms with Gasteiger partial charge in [-0.25, -0.2) is 0 Å². The molecule has 1 aromatic heterocycles. The minimum absolute atomic E-state index is 0.00649. The Kier molecular flexibility index (Phi) is 9.20. The number of aryl methyl sites for hydroxylation is 2. The molecule has 2 heterocycles. The summed E-state index contributed by atoms with van der Waals surface area (Å²) in [5, 5.41) is 0. The molecule has 0 saturated carbocycles. The molecule has 2 aromatic carbocycles. The van der Waals surface area contributed by atoms with Crippen LogP contribution in [0, 0.1) is 13.8 Å². The van der Waals surface area contributed by atoms with Crippen molar-refractivity contribution in [3.63, 3.8) is 0 Å². The molecular weight excluding hydrogens is 560 g/mol. The van der Waals surface area contributed by atoms with Gasteiger partial charge in [-0.1, -0.05) is 18.2 Å². The molecule has 0 aliphatic carbocycles. The summed E-state index contributed by atoms with van der Waals surface area (Å²) in [4.78, 5) is 21.5. The van der Waals surface area contributed by atoms with Crippen LogP contribution in [0.15, 0.2) is 54.9 Å². The van der Waals surface area contributed by atoms with E-state index in [0.717, 1.165) is 22.3 Å². The van der Waals surface area contributed by atoms with Gasteiger partial charge in [-0.05, 0) is 74.6 Å². The SMILES string of the molecule is COc1ccncc1CC(C)N1CCN(C(=O)c2cc(C(F)(F)F)cc(C(F)(F)F)c2)[C@H](Cc2ccc(C)c(C)c2)C1. The first kappa shape index (κ1) is 31.3. The molecule has 4 rings (SSSR count). The Morgan fingerprint density at radius 3 is 2.24 bits per heavy atom. The van der Waals surface area contributed by atoms with Gasteiger partial charge in [0, 0.05) is 55.2 Å². The molecule has 0 bridgehead atoms. The number of methoxy groups -OCH3 is 1. The Morgan fingerprint density at radius 2 is 1.64 bits per heavy atom. The number of alkyl halides is 6. The van der Waals surface area contributed by atoms with Crippen molar-refractivity contribution >= 4 is 5.91 Å². The first-order valence-corrected chi connectivity index (χ1v) is 13.5. The van der Waals surface area contributed by atoms with Crippen LogP contribution in [0.4, 0.5) is 26.3 Å². The maximum absolute atomic E-state index is 13.7. The van der Waals surface area contributed by atoms with E-state index in [1.807, 2.05) is 39.0 Å². The van der Waals surface area contributed by atoms with E-state index < -0.39 is 41.0 Å². The van der Waals surface area contributed by atoms with Crippen LogP contribution in [0.5, 0.6) is 5.75 Å². The number of nitrogens with zero attached hydrogens (tertiary/aromatic N) is 3. The lowest BCUT2D eigenvalue weighted by molar-refractivity contribution is -0.143. The zero-order valence-electron chi connectivity index (χ0n) is 23.8. The minimum atomic E-state index is -5.05. The fourth-order valence-electron chi connectivity index (χ4n) is 5.38. The predicted molar refractivity (Wildman–Crippen MR) is 146 cm³/mol. The number of aromatic nitrogens is 1. The van der Waals surface area contributed by atoms with Crippen molar-refractivity contribution in [3.05, 3.63) is 93.8 Å². The van der Waals surface area contributed by atoms with Crippen LogP contribution in [-0.4, -0.2) is 59.5 Å². The average Bonchev–Trinajstić information content (AvgIpc) is 2.93. The van der Waals surface area contributed by atoms with Crippen LogP contribution >= 0.6 is 0 Å². The Bertz CT molecular complexity index is 1390. The first-order valence-electron chi connectivity index (χ1n) is 13.5. The van der Waals surface area contributed by atoms with Gasteiger partial charge in [0.15, 0.2) is 0 Å². The number of piperazine rings is 1. The van der Waals surface area contributed by atoms with Crippen LogP contribution in [0.3, 0.4) is 0 Å². The fraction of sp³-hybridized carbons (Fsp3) is 0.419. The molecule has 1 unspecified atom stereocenters. The molecular formula is C31H33F6N3O2. The summed E-state index contributed by atoms with van der Waals surface area (Å²) in [6.45, 7) is 6.87. The van der Waals surface area contributed by atoms with Gasteiger partial charge < -0.3 is 9.64 Å². The van der Waals surface area contributed by atoms with Gasteiger partial charge in [0.05, 0.1) is 18.2 Å². The van der Waals surface area contributed by atoms with Crippen molar-refractivity contribution in [1.82, 2.24) is 14.8 Å². The number of rotatable bonds is 7. The highest BCUT2D eigenvalue weighted by Gasteiger charge is 2.39. The monoisotopic (exact) mass is 593 g/mol. The van der Waals surface area contributed by atoms with Crippen LogP contribution in [0.2, 0.25) is 0 Å². The highest BCUT2D eigenvalue weighted by molar-refractivity contribution is 5.95. The van der Waals surface area contributed by atoms with Gasteiger partial charge in [-0.3, -0.25) is 14.7 Å². The molecule has 1 amide bonds. The van der Waals surface area contributed by atoms with Crippen molar-refractivity contribution in [2.24, 2.45) is 0 Å². The number of hydrogen-bond donors (Lipinski definition) is 0. The summed E-state index contributed by atoms with van der Waals surface area (Å²) in [5.74, 6) is -0.163. The smallest absolute Gasteiger partial charge is 0.416 e. The molecule has 3 aromatic rings. The van der Waals surface area contributed by atoms with Crippen LogP contribution in [0.25, 0.3) is 0 Å². The average molecular weight is 594 g/mol. The Balaban J connectivity index is 1.66. The predicted octanol–water partition coefficient (Wildman–Crippen LogP) is 6.74. The summed E-state index contributed by atoms with van der Waals surface area (Å²) in [5.41, 5.74) is 0.295. The highest BCUT2D eigenvalue weighted by Crippen LogP contribution is 2.37. The summed E-state index contributed by atoms with van der Waals surface area (Å²) in [6, 6.07) is 8.21. The van der Waals surface area contributed by atoms with E-state index in [2.05, 4.69) is 9.88 Å². The number of amides is 1. The zero-order valence-corrected chi connectivity index (χ0v) is 23.8. The van der Waals surface area contributed by atoms with Crippen molar-refractivity contribution in [3.8, 4) is 5.75 Å². The number of benzene rings is 2. The number of carbonyl (C=O) groups excluding carboxylic acids is 1. The number of ether oxygens (including phenoxy) is 1. The molecule has 1 aliphatic rings. The van der Waals surface area contributed by atoms with E-state index in [4.69, 9.17) is 4.74 Å². The molecule has 1 aliphatic heterocycles. The molecule has 226 valence electrons. The summed E-state index contributed by atoms with van der Waals surface area (Å²) < 4.78 is 86.7.